The topological polar surface area (TPSA) is 94.2 Å². The molecule has 7 nitrogen and oxygen atoms in total. The van der Waals surface area contributed by atoms with Crippen molar-refractivity contribution < 1.29 is 24.4 Å². The van der Waals surface area contributed by atoms with E-state index in [9.17, 15) is 14.7 Å². The van der Waals surface area contributed by atoms with Gasteiger partial charge in [0.25, 0.3) is 0 Å². The van der Waals surface area contributed by atoms with E-state index in [1.165, 1.54) is 11.3 Å². The van der Waals surface area contributed by atoms with Crippen molar-refractivity contribution in [3.05, 3.63) is 62.9 Å². The molecular weight excluding hydrogens is 380 g/mol. The van der Waals surface area contributed by atoms with E-state index in [-0.39, 0.29) is 5.56 Å². The highest BCUT2D eigenvalue weighted by molar-refractivity contribution is 7.14. The SMILES string of the molecule is CCOc1cc(/C=c2/sc3[nH+]c4ccccc4n3c2=O)ccc1OCC(=O)[O-]. The average molecular weight is 396 g/mol. The maximum Gasteiger partial charge on any atom is 0.357 e. The van der Waals surface area contributed by atoms with E-state index in [0.29, 0.717) is 22.6 Å². The number of H-pyrrole nitrogens is 1. The van der Waals surface area contributed by atoms with Gasteiger partial charge in [0.05, 0.1) is 12.6 Å². The number of hydrogen-bond acceptors (Lipinski definition) is 6. The number of benzene rings is 2. The zero-order chi connectivity index (χ0) is 19.7. The highest BCUT2D eigenvalue weighted by atomic mass is 32.1. The predicted octanol–water partition coefficient (Wildman–Crippen LogP) is 0.403. The van der Waals surface area contributed by atoms with Crippen molar-refractivity contribution >= 4 is 39.4 Å². The minimum absolute atomic E-state index is 0.104. The van der Waals surface area contributed by atoms with E-state index >= 15 is 0 Å². The summed E-state index contributed by atoms with van der Waals surface area (Å²) in [6.45, 7) is 1.65. The molecule has 0 aliphatic carbocycles. The molecule has 0 aliphatic heterocycles. The van der Waals surface area contributed by atoms with E-state index < -0.39 is 12.6 Å². The molecule has 0 atom stereocenters. The molecule has 2 heterocycles. The fourth-order valence-corrected chi connectivity index (χ4v) is 3.98. The third kappa shape index (κ3) is 3.29. The van der Waals surface area contributed by atoms with Crippen LogP contribution < -0.4 is 29.7 Å². The van der Waals surface area contributed by atoms with Crippen molar-refractivity contribution in [1.82, 2.24) is 4.40 Å². The standard InChI is InChI=1S/C20H16N2O5S/c1-2-26-16-9-12(7-8-15(16)27-11-18(23)24)10-17-19(25)22-14-6-4-3-5-13(14)21-20(22)28-17/h3-10H,2,11H2,1H3,(H,23,24)/b17-10+. The summed E-state index contributed by atoms with van der Waals surface area (Å²) in [7, 11) is 0. The first kappa shape index (κ1) is 18.0. The predicted molar refractivity (Wildman–Crippen MR) is 103 cm³/mol. The molecule has 0 bridgehead atoms. The lowest BCUT2D eigenvalue weighted by atomic mass is 10.2. The highest BCUT2D eigenvalue weighted by Crippen LogP contribution is 2.28. The number of carbonyl (C=O) groups is 1. The molecule has 0 fully saturated rings. The van der Waals surface area contributed by atoms with E-state index in [1.807, 2.05) is 31.2 Å². The molecule has 0 saturated heterocycles. The summed E-state index contributed by atoms with van der Waals surface area (Å²) in [6.07, 6.45) is 1.77. The van der Waals surface area contributed by atoms with E-state index in [1.54, 1.807) is 28.7 Å². The van der Waals surface area contributed by atoms with Gasteiger partial charge in [-0.15, -0.1) is 4.40 Å². The number of carbonyl (C=O) groups excluding carboxylic acids is 1. The van der Waals surface area contributed by atoms with Crippen molar-refractivity contribution in [2.75, 3.05) is 13.2 Å². The molecule has 0 saturated carbocycles. The molecule has 2 aromatic heterocycles. The van der Waals surface area contributed by atoms with Crippen LogP contribution >= 0.6 is 11.3 Å². The number of aliphatic carboxylic acids is 1. The Bertz CT molecular complexity index is 1290. The molecular formula is C20H16N2O5S. The first-order valence-electron chi connectivity index (χ1n) is 8.63. The van der Waals surface area contributed by atoms with Gasteiger partial charge in [-0.05, 0) is 54.2 Å². The zero-order valence-corrected chi connectivity index (χ0v) is 15.7. The second kappa shape index (κ2) is 7.32. The highest BCUT2D eigenvalue weighted by Gasteiger charge is 2.18. The molecule has 8 heteroatoms. The van der Waals surface area contributed by atoms with Crippen LogP contribution in [-0.4, -0.2) is 23.6 Å². The van der Waals surface area contributed by atoms with E-state index in [4.69, 9.17) is 9.47 Å². The van der Waals surface area contributed by atoms with Crippen molar-refractivity contribution in [2.45, 2.75) is 6.92 Å². The number of thiazole rings is 1. The Kier molecular flexibility index (Phi) is 4.70. The molecule has 0 spiro atoms. The number of nitrogens with one attached hydrogen (secondary N) is 1. The van der Waals surface area contributed by atoms with Gasteiger partial charge in [-0.3, -0.25) is 0 Å². The Morgan fingerprint density at radius 2 is 2.04 bits per heavy atom. The monoisotopic (exact) mass is 396 g/mol. The van der Waals surface area contributed by atoms with Crippen LogP contribution in [-0.2, 0) is 4.79 Å². The van der Waals surface area contributed by atoms with Crippen LogP contribution in [0.2, 0.25) is 0 Å². The number of para-hydroxylation sites is 2. The van der Waals surface area contributed by atoms with Crippen LogP contribution in [0.4, 0.5) is 0 Å². The quantitative estimate of drug-likeness (QED) is 0.470. The number of rotatable bonds is 6. The Hall–Kier alpha value is -3.39. The van der Waals surface area contributed by atoms with Gasteiger partial charge in [-0.1, -0.05) is 18.2 Å². The van der Waals surface area contributed by atoms with Crippen LogP contribution in [0.5, 0.6) is 11.5 Å². The molecule has 4 aromatic rings. The van der Waals surface area contributed by atoms with Crippen LogP contribution in [0.15, 0.2) is 47.3 Å². The molecule has 0 aliphatic rings. The van der Waals surface area contributed by atoms with Gasteiger partial charge in [-0.2, -0.15) is 0 Å². The number of hydrogen-bond donors (Lipinski definition) is 0. The van der Waals surface area contributed by atoms with Gasteiger partial charge >= 0.3 is 10.5 Å². The smallest absolute Gasteiger partial charge is 0.357 e. The lowest BCUT2D eigenvalue weighted by Crippen LogP contribution is -2.29. The average Bonchev–Trinajstić information content (AvgIpc) is 3.18. The van der Waals surface area contributed by atoms with E-state index in [0.717, 1.165) is 21.6 Å². The molecule has 0 amide bonds. The lowest BCUT2D eigenvalue weighted by molar-refractivity contribution is -0.308. The Labute approximate surface area is 163 Å². The number of carboxylic acids is 1. The van der Waals surface area contributed by atoms with Crippen molar-refractivity contribution in [2.24, 2.45) is 0 Å². The van der Waals surface area contributed by atoms with Crippen molar-refractivity contribution in [3.8, 4) is 11.5 Å². The largest absolute Gasteiger partial charge is 0.546 e. The maximum absolute atomic E-state index is 12.9. The van der Waals surface area contributed by atoms with Crippen molar-refractivity contribution in [3.63, 3.8) is 0 Å². The summed E-state index contributed by atoms with van der Waals surface area (Å²) in [4.78, 5) is 27.5. The number of carboxylic acid groups (broad SMARTS) is 1. The fourth-order valence-electron chi connectivity index (χ4n) is 2.97. The Morgan fingerprint density at radius 3 is 2.82 bits per heavy atom. The van der Waals surface area contributed by atoms with Gasteiger partial charge in [0.1, 0.15) is 11.1 Å². The number of nitrogens with zero attached hydrogens (tertiary/aromatic N) is 1. The molecule has 0 unspecified atom stereocenters. The normalized spacial score (nSPS) is 12.0. The molecule has 28 heavy (non-hydrogen) atoms. The minimum Gasteiger partial charge on any atom is -0.546 e. The van der Waals surface area contributed by atoms with Gasteiger partial charge in [0.15, 0.2) is 22.5 Å². The third-order valence-electron chi connectivity index (χ3n) is 4.12. The number of imidazole rings is 1. The van der Waals surface area contributed by atoms with Crippen LogP contribution in [0, 0.1) is 0 Å². The zero-order valence-electron chi connectivity index (χ0n) is 14.9. The summed E-state index contributed by atoms with van der Waals surface area (Å²) in [5.41, 5.74) is 2.38. The molecule has 4 rings (SSSR count). The Balaban J connectivity index is 1.78. The maximum atomic E-state index is 12.9. The van der Waals surface area contributed by atoms with Gasteiger partial charge in [0, 0.05) is 0 Å². The fraction of sp³-hybridized carbons (Fsp3) is 0.150. The van der Waals surface area contributed by atoms with Crippen LogP contribution in [0.1, 0.15) is 12.5 Å². The van der Waals surface area contributed by atoms with E-state index in [2.05, 4.69) is 4.98 Å². The van der Waals surface area contributed by atoms with Crippen LogP contribution in [0.3, 0.4) is 0 Å². The van der Waals surface area contributed by atoms with Crippen LogP contribution in [0.25, 0.3) is 22.1 Å². The third-order valence-corrected chi connectivity index (χ3v) is 5.11. The first-order chi connectivity index (χ1) is 13.6. The van der Waals surface area contributed by atoms with Gasteiger partial charge < -0.3 is 19.4 Å². The number of fused-ring (bicyclic) bond motifs is 3. The molecule has 1 N–H and O–H groups in total. The second-order valence-electron chi connectivity index (χ2n) is 6.00. The number of aromatic nitrogens is 2. The summed E-state index contributed by atoms with van der Waals surface area (Å²) < 4.78 is 13.0. The van der Waals surface area contributed by atoms with Crippen molar-refractivity contribution in [1.29, 1.82) is 0 Å². The first-order valence-corrected chi connectivity index (χ1v) is 9.45. The summed E-state index contributed by atoms with van der Waals surface area (Å²) in [5.74, 6) is -0.596. The number of aromatic amines is 1. The molecule has 142 valence electrons. The molecule has 2 aromatic carbocycles. The van der Waals surface area contributed by atoms with Gasteiger partial charge in [-0.25, -0.2) is 9.78 Å². The lowest BCUT2D eigenvalue weighted by Gasteiger charge is -2.12. The summed E-state index contributed by atoms with van der Waals surface area (Å²) >= 11 is 1.36. The number of ether oxygens (including phenoxy) is 2. The van der Waals surface area contributed by atoms with Gasteiger partial charge in [0.2, 0.25) is 0 Å². The Morgan fingerprint density at radius 1 is 1.21 bits per heavy atom. The minimum atomic E-state index is -1.31. The molecule has 0 radical (unpaired) electrons. The summed E-state index contributed by atoms with van der Waals surface area (Å²) in [6, 6.07) is 12.7. The second-order valence-corrected chi connectivity index (χ2v) is 7.03. The summed E-state index contributed by atoms with van der Waals surface area (Å²) in [5, 5.41) is 10.6.